The second-order valence-corrected chi connectivity index (χ2v) is 6.94. The van der Waals surface area contributed by atoms with Gasteiger partial charge in [-0.3, -0.25) is 0 Å². The second-order valence-electron chi connectivity index (χ2n) is 6.94. The topological polar surface area (TPSA) is 21.3 Å². The first-order valence-corrected chi connectivity index (χ1v) is 7.93. The summed E-state index contributed by atoms with van der Waals surface area (Å²) in [6, 6.07) is 4.98. The highest BCUT2D eigenvalue weighted by Gasteiger charge is 2.35. The SMILES string of the molecule is CCCC1Oc2c(C)cc(C(C)(C)C)cc2C1NCC. The molecule has 0 aliphatic carbocycles. The van der Waals surface area contributed by atoms with Gasteiger partial charge < -0.3 is 10.1 Å². The molecule has 1 aliphatic heterocycles. The van der Waals surface area contributed by atoms with Crippen molar-refractivity contribution in [2.45, 2.75) is 71.9 Å². The minimum Gasteiger partial charge on any atom is -0.488 e. The molecule has 0 saturated carbocycles. The molecule has 1 N–H and O–H groups in total. The van der Waals surface area contributed by atoms with Crippen molar-refractivity contribution >= 4 is 0 Å². The van der Waals surface area contributed by atoms with E-state index >= 15 is 0 Å². The summed E-state index contributed by atoms with van der Waals surface area (Å²) in [6.07, 6.45) is 2.55. The maximum absolute atomic E-state index is 6.25. The van der Waals surface area contributed by atoms with Gasteiger partial charge in [-0.1, -0.05) is 47.1 Å². The molecule has 2 nitrogen and oxygen atoms in total. The summed E-state index contributed by atoms with van der Waals surface area (Å²) in [5.41, 5.74) is 4.21. The van der Waals surface area contributed by atoms with Crippen molar-refractivity contribution in [3.8, 4) is 5.75 Å². The van der Waals surface area contributed by atoms with Crippen LogP contribution in [0.3, 0.4) is 0 Å². The molecule has 2 unspecified atom stereocenters. The minimum atomic E-state index is 0.180. The van der Waals surface area contributed by atoms with E-state index in [1.54, 1.807) is 0 Å². The Morgan fingerprint density at radius 3 is 2.45 bits per heavy atom. The molecule has 2 rings (SSSR count). The van der Waals surface area contributed by atoms with Crippen molar-refractivity contribution in [3.63, 3.8) is 0 Å². The maximum Gasteiger partial charge on any atom is 0.127 e. The molecule has 1 aliphatic rings. The average Bonchev–Trinajstić information content (AvgIpc) is 2.69. The number of nitrogens with one attached hydrogen (secondary N) is 1. The van der Waals surface area contributed by atoms with E-state index in [2.05, 4.69) is 59.0 Å². The monoisotopic (exact) mass is 275 g/mol. The quantitative estimate of drug-likeness (QED) is 0.873. The lowest BCUT2D eigenvalue weighted by atomic mass is 9.84. The van der Waals surface area contributed by atoms with Crippen molar-refractivity contribution in [3.05, 3.63) is 28.8 Å². The summed E-state index contributed by atoms with van der Waals surface area (Å²) < 4.78 is 6.25. The molecule has 1 aromatic rings. The van der Waals surface area contributed by atoms with E-state index in [0.717, 1.165) is 25.1 Å². The third-order valence-corrected chi connectivity index (χ3v) is 4.14. The van der Waals surface area contributed by atoms with E-state index in [0.29, 0.717) is 6.04 Å². The van der Waals surface area contributed by atoms with Gasteiger partial charge in [-0.25, -0.2) is 0 Å². The van der Waals surface area contributed by atoms with Crippen LogP contribution in [-0.2, 0) is 5.41 Å². The summed E-state index contributed by atoms with van der Waals surface area (Å²) in [6.45, 7) is 14.4. The van der Waals surface area contributed by atoms with Crippen molar-refractivity contribution in [2.24, 2.45) is 0 Å². The lowest BCUT2D eigenvalue weighted by Crippen LogP contribution is -2.30. The second kappa shape index (κ2) is 5.77. The Bertz CT molecular complexity index is 473. The minimum absolute atomic E-state index is 0.180. The van der Waals surface area contributed by atoms with Crippen molar-refractivity contribution in [2.75, 3.05) is 6.54 Å². The van der Waals surface area contributed by atoms with E-state index in [9.17, 15) is 0 Å². The molecule has 1 heterocycles. The first kappa shape index (κ1) is 15.4. The smallest absolute Gasteiger partial charge is 0.127 e. The number of ether oxygens (including phenoxy) is 1. The molecule has 0 saturated heterocycles. The Labute approximate surface area is 123 Å². The number of hydrogen-bond donors (Lipinski definition) is 1. The zero-order chi connectivity index (χ0) is 14.9. The molecule has 0 radical (unpaired) electrons. The number of aryl methyl sites for hydroxylation is 1. The van der Waals surface area contributed by atoms with Gasteiger partial charge in [0.15, 0.2) is 0 Å². The summed E-state index contributed by atoms with van der Waals surface area (Å²) in [5.74, 6) is 1.11. The van der Waals surface area contributed by atoms with Crippen LogP contribution in [0.15, 0.2) is 12.1 Å². The molecule has 20 heavy (non-hydrogen) atoms. The van der Waals surface area contributed by atoms with Gasteiger partial charge >= 0.3 is 0 Å². The molecule has 1 aromatic carbocycles. The number of hydrogen-bond acceptors (Lipinski definition) is 2. The number of likely N-dealkylation sites (N-methyl/N-ethyl adjacent to an activating group) is 1. The summed E-state index contributed by atoms with van der Waals surface area (Å²) in [5, 5.41) is 3.62. The van der Waals surface area contributed by atoms with Crippen LogP contribution in [-0.4, -0.2) is 12.6 Å². The van der Waals surface area contributed by atoms with Gasteiger partial charge in [0.05, 0.1) is 6.04 Å². The van der Waals surface area contributed by atoms with Gasteiger partial charge in [-0.15, -0.1) is 0 Å². The van der Waals surface area contributed by atoms with Gasteiger partial charge in [-0.2, -0.15) is 0 Å². The van der Waals surface area contributed by atoms with Crippen LogP contribution in [0.5, 0.6) is 5.75 Å². The van der Waals surface area contributed by atoms with Crippen molar-refractivity contribution < 1.29 is 4.74 Å². The van der Waals surface area contributed by atoms with Crippen LogP contribution in [0.25, 0.3) is 0 Å². The van der Waals surface area contributed by atoms with Gasteiger partial charge in [0.2, 0.25) is 0 Å². The molecule has 112 valence electrons. The van der Waals surface area contributed by atoms with Crippen LogP contribution < -0.4 is 10.1 Å². The van der Waals surface area contributed by atoms with Gasteiger partial charge in [0.25, 0.3) is 0 Å². The van der Waals surface area contributed by atoms with Crippen LogP contribution in [0, 0.1) is 6.92 Å². The molecular formula is C18H29NO. The van der Waals surface area contributed by atoms with Crippen molar-refractivity contribution in [1.29, 1.82) is 0 Å². The third-order valence-electron chi connectivity index (χ3n) is 4.14. The molecule has 2 atom stereocenters. The van der Waals surface area contributed by atoms with E-state index in [4.69, 9.17) is 4.74 Å². The molecule has 2 heteroatoms. The summed E-state index contributed by atoms with van der Waals surface area (Å²) in [4.78, 5) is 0. The fraction of sp³-hybridized carbons (Fsp3) is 0.667. The number of benzene rings is 1. The zero-order valence-electron chi connectivity index (χ0n) is 13.8. The Hall–Kier alpha value is -1.02. The summed E-state index contributed by atoms with van der Waals surface area (Å²) >= 11 is 0. The largest absolute Gasteiger partial charge is 0.488 e. The number of rotatable bonds is 4. The fourth-order valence-electron chi connectivity index (χ4n) is 3.02. The van der Waals surface area contributed by atoms with E-state index in [1.165, 1.54) is 16.7 Å². The lowest BCUT2D eigenvalue weighted by molar-refractivity contribution is 0.178. The Morgan fingerprint density at radius 1 is 1.20 bits per heavy atom. The third kappa shape index (κ3) is 2.85. The molecule has 0 amide bonds. The molecular weight excluding hydrogens is 246 g/mol. The van der Waals surface area contributed by atoms with Crippen LogP contribution in [0.2, 0.25) is 0 Å². The number of fused-ring (bicyclic) bond motifs is 1. The van der Waals surface area contributed by atoms with Gasteiger partial charge in [0.1, 0.15) is 11.9 Å². The van der Waals surface area contributed by atoms with Crippen molar-refractivity contribution in [1.82, 2.24) is 5.32 Å². The highest BCUT2D eigenvalue weighted by atomic mass is 16.5. The van der Waals surface area contributed by atoms with E-state index in [-0.39, 0.29) is 11.5 Å². The predicted octanol–water partition coefficient (Wildman–Crippen LogP) is 4.50. The van der Waals surface area contributed by atoms with Gasteiger partial charge in [-0.05, 0) is 42.5 Å². The Kier molecular flexibility index (Phi) is 4.43. The maximum atomic E-state index is 6.25. The average molecular weight is 275 g/mol. The Morgan fingerprint density at radius 2 is 1.90 bits per heavy atom. The highest BCUT2D eigenvalue weighted by Crippen LogP contribution is 2.43. The molecule has 0 fully saturated rings. The van der Waals surface area contributed by atoms with E-state index < -0.39 is 0 Å². The highest BCUT2D eigenvalue weighted by molar-refractivity contribution is 5.50. The normalized spacial score (nSPS) is 21.7. The first-order valence-electron chi connectivity index (χ1n) is 7.93. The zero-order valence-corrected chi connectivity index (χ0v) is 13.8. The van der Waals surface area contributed by atoms with Crippen LogP contribution in [0.4, 0.5) is 0 Å². The fourth-order valence-corrected chi connectivity index (χ4v) is 3.02. The molecule has 0 aromatic heterocycles. The Balaban J connectivity index is 2.44. The molecule has 0 bridgehead atoms. The van der Waals surface area contributed by atoms with Crippen LogP contribution in [0.1, 0.15) is 70.2 Å². The molecule has 0 spiro atoms. The van der Waals surface area contributed by atoms with Gasteiger partial charge in [0, 0.05) is 5.56 Å². The van der Waals surface area contributed by atoms with E-state index in [1.807, 2.05) is 0 Å². The predicted molar refractivity (Wildman–Crippen MR) is 85.6 cm³/mol. The lowest BCUT2D eigenvalue weighted by Gasteiger charge is -2.22. The van der Waals surface area contributed by atoms with Crippen LogP contribution >= 0.6 is 0 Å². The summed E-state index contributed by atoms with van der Waals surface area (Å²) in [7, 11) is 0. The standard InChI is InChI=1S/C18H29NO/c1-7-9-15-16(19-8-2)14-11-13(18(4,5)6)10-12(3)17(14)20-15/h10-11,15-16,19H,7-9H2,1-6H3. The first-order chi connectivity index (χ1) is 9.38.